The zero-order valence-electron chi connectivity index (χ0n) is 6.90. The van der Waals surface area contributed by atoms with Crippen LogP contribution in [0.3, 0.4) is 0 Å². The lowest BCUT2D eigenvalue weighted by Gasteiger charge is -2.19. The summed E-state index contributed by atoms with van der Waals surface area (Å²) in [7, 11) is 0. The fourth-order valence-corrected chi connectivity index (χ4v) is 1.45. The molecule has 2 nitrogen and oxygen atoms in total. The fraction of sp³-hybridized carbons (Fsp3) is 0.200. The highest BCUT2D eigenvalue weighted by molar-refractivity contribution is 5.68. The van der Waals surface area contributed by atoms with E-state index in [-0.39, 0.29) is 0 Å². The number of nitrogens with two attached hydrogens (primary N) is 1. The molecule has 1 aliphatic rings. The smallest absolute Gasteiger partial charge is 0.0605 e. The predicted octanol–water partition coefficient (Wildman–Crippen LogP) is 1.65. The number of nitrogen functional groups attached to an aromatic ring is 1. The van der Waals surface area contributed by atoms with Gasteiger partial charge in [-0.05, 0) is 12.1 Å². The number of rotatable bonds is 1. The van der Waals surface area contributed by atoms with E-state index in [1.807, 2.05) is 18.2 Å². The van der Waals surface area contributed by atoms with Gasteiger partial charge < -0.3 is 10.6 Å². The number of hydrogen-bond donors (Lipinski definition) is 1. The maximum Gasteiger partial charge on any atom is 0.0605 e. The van der Waals surface area contributed by atoms with Crippen molar-refractivity contribution in [2.45, 2.75) is 0 Å². The summed E-state index contributed by atoms with van der Waals surface area (Å²) in [4.78, 5) is 2.25. The van der Waals surface area contributed by atoms with Crippen LogP contribution in [-0.2, 0) is 0 Å². The molecular formula is C10H12N2. The molecule has 1 aromatic rings. The van der Waals surface area contributed by atoms with Gasteiger partial charge in [0.05, 0.1) is 11.4 Å². The first kappa shape index (κ1) is 7.22. The van der Waals surface area contributed by atoms with Gasteiger partial charge in [0.15, 0.2) is 0 Å². The second-order valence-corrected chi connectivity index (χ2v) is 2.94. The van der Waals surface area contributed by atoms with E-state index < -0.39 is 0 Å². The molecule has 12 heavy (non-hydrogen) atoms. The van der Waals surface area contributed by atoms with E-state index in [0.29, 0.717) is 0 Å². The molecule has 0 fully saturated rings. The minimum absolute atomic E-state index is 0.862. The standard InChI is InChI=1S/C10H12N2/c11-9-5-1-2-6-10(9)12-7-3-4-8-12/h1-6H,7-8,11H2. The third kappa shape index (κ3) is 1.16. The Labute approximate surface area is 72.3 Å². The Bertz CT molecular complexity index is 296. The molecule has 0 atom stereocenters. The van der Waals surface area contributed by atoms with Gasteiger partial charge in [0.2, 0.25) is 0 Å². The Morgan fingerprint density at radius 3 is 2.42 bits per heavy atom. The molecular weight excluding hydrogens is 148 g/mol. The van der Waals surface area contributed by atoms with Gasteiger partial charge in [0, 0.05) is 13.1 Å². The lowest BCUT2D eigenvalue weighted by Crippen LogP contribution is -2.19. The van der Waals surface area contributed by atoms with Gasteiger partial charge in [-0.15, -0.1) is 0 Å². The van der Waals surface area contributed by atoms with E-state index >= 15 is 0 Å². The maximum absolute atomic E-state index is 5.83. The van der Waals surface area contributed by atoms with Gasteiger partial charge in [0.1, 0.15) is 0 Å². The normalized spacial score (nSPS) is 15.5. The summed E-state index contributed by atoms with van der Waals surface area (Å²) < 4.78 is 0. The summed E-state index contributed by atoms with van der Waals surface area (Å²) in [5.41, 5.74) is 7.83. The lowest BCUT2D eigenvalue weighted by molar-refractivity contribution is 1.01. The van der Waals surface area contributed by atoms with Gasteiger partial charge in [-0.2, -0.15) is 0 Å². The Hall–Kier alpha value is -1.44. The van der Waals surface area contributed by atoms with Crippen LogP contribution in [0.1, 0.15) is 0 Å². The van der Waals surface area contributed by atoms with Crippen LogP contribution in [0.2, 0.25) is 0 Å². The molecule has 1 heterocycles. The minimum Gasteiger partial charge on any atom is -0.397 e. The van der Waals surface area contributed by atoms with Gasteiger partial charge in [-0.3, -0.25) is 0 Å². The molecule has 0 bridgehead atoms. The van der Waals surface area contributed by atoms with Crippen molar-refractivity contribution in [1.29, 1.82) is 0 Å². The third-order valence-corrected chi connectivity index (χ3v) is 2.10. The maximum atomic E-state index is 5.83. The number of anilines is 2. The first-order valence-electron chi connectivity index (χ1n) is 4.12. The summed E-state index contributed by atoms with van der Waals surface area (Å²) >= 11 is 0. The van der Waals surface area contributed by atoms with Gasteiger partial charge in [-0.1, -0.05) is 24.3 Å². The molecule has 1 aromatic carbocycles. The zero-order chi connectivity index (χ0) is 8.39. The highest BCUT2D eigenvalue weighted by Gasteiger charge is 2.08. The quantitative estimate of drug-likeness (QED) is 0.500. The van der Waals surface area contributed by atoms with E-state index in [2.05, 4.69) is 23.1 Å². The highest BCUT2D eigenvalue weighted by atomic mass is 15.1. The van der Waals surface area contributed by atoms with Crippen LogP contribution in [0.5, 0.6) is 0 Å². The fourth-order valence-electron chi connectivity index (χ4n) is 1.45. The van der Waals surface area contributed by atoms with E-state index in [4.69, 9.17) is 5.73 Å². The molecule has 0 saturated heterocycles. The molecule has 0 saturated carbocycles. The Balaban J connectivity index is 2.27. The first-order valence-corrected chi connectivity index (χ1v) is 4.12. The third-order valence-electron chi connectivity index (χ3n) is 2.10. The highest BCUT2D eigenvalue weighted by Crippen LogP contribution is 2.23. The van der Waals surface area contributed by atoms with Crippen molar-refractivity contribution >= 4 is 11.4 Å². The van der Waals surface area contributed by atoms with Crippen molar-refractivity contribution in [3.8, 4) is 0 Å². The summed E-state index contributed by atoms with van der Waals surface area (Å²) in [5.74, 6) is 0. The van der Waals surface area contributed by atoms with E-state index in [1.54, 1.807) is 0 Å². The largest absolute Gasteiger partial charge is 0.397 e. The number of para-hydroxylation sites is 2. The Kier molecular flexibility index (Phi) is 1.74. The summed E-state index contributed by atoms with van der Waals surface area (Å²) in [6.07, 6.45) is 4.32. The average molecular weight is 160 g/mol. The van der Waals surface area contributed by atoms with E-state index in [1.165, 1.54) is 0 Å². The van der Waals surface area contributed by atoms with Gasteiger partial charge >= 0.3 is 0 Å². The first-order chi connectivity index (χ1) is 5.88. The van der Waals surface area contributed by atoms with Crippen LogP contribution in [0.25, 0.3) is 0 Å². The van der Waals surface area contributed by atoms with Crippen LogP contribution in [0.4, 0.5) is 11.4 Å². The van der Waals surface area contributed by atoms with Crippen LogP contribution >= 0.6 is 0 Å². The Morgan fingerprint density at radius 2 is 1.75 bits per heavy atom. The monoisotopic (exact) mass is 160 g/mol. The average Bonchev–Trinajstić information content (AvgIpc) is 2.57. The topological polar surface area (TPSA) is 29.3 Å². The van der Waals surface area contributed by atoms with Crippen molar-refractivity contribution in [3.05, 3.63) is 36.4 Å². The molecule has 0 spiro atoms. The van der Waals surface area contributed by atoms with E-state index in [9.17, 15) is 0 Å². The summed E-state index contributed by atoms with van der Waals surface area (Å²) in [6.45, 7) is 1.96. The van der Waals surface area contributed by atoms with Crippen molar-refractivity contribution in [3.63, 3.8) is 0 Å². The SMILES string of the molecule is Nc1ccccc1N1CC=CC1. The Morgan fingerprint density at radius 1 is 1.08 bits per heavy atom. The molecule has 0 aliphatic carbocycles. The molecule has 62 valence electrons. The number of hydrogen-bond acceptors (Lipinski definition) is 2. The molecule has 2 N–H and O–H groups in total. The van der Waals surface area contributed by atoms with E-state index in [0.717, 1.165) is 24.5 Å². The number of benzene rings is 1. The molecule has 0 amide bonds. The van der Waals surface area contributed by atoms with Crippen LogP contribution in [0.15, 0.2) is 36.4 Å². The van der Waals surface area contributed by atoms with Crippen molar-refractivity contribution in [1.82, 2.24) is 0 Å². The minimum atomic E-state index is 0.862. The van der Waals surface area contributed by atoms with Crippen molar-refractivity contribution in [2.24, 2.45) is 0 Å². The predicted molar refractivity (Wildman–Crippen MR) is 52.2 cm³/mol. The molecule has 0 radical (unpaired) electrons. The summed E-state index contributed by atoms with van der Waals surface area (Å²) in [6, 6.07) is 7.97. The summed E-state index contributed by atoms with van der Waals surface area (Å²) in [5, 5.41) is 0. The van der Waals surface area contributed by atoms with Crippen molar-refractivity contribution in [2.75, 3.05) is 23.7 Å². The van der Waals surface area contributed by atoms with Gasteiger partial charge in [0.25, 0.3) is 0 Å². The second kappa shape index (κ2) is 2.89. The van der Waals surface area contributed by atoms with Crippen LogP contribution < -0.4 is 10.6 Å². The number of nitrogens with zero attached hydrogens (tertiary/aromatic N) is 1. The molecule has 0 unspecified atom stereocenters. The second-order valence-electron chi connectivity index (χ2n) is 2.94. The molecule has 1 aliphatic heterocycles. The van der Waals surface area contributed by atoms with Gasteiger partial charge in [-0.25, -0.2) is 0 Å². The molecule has 2 rings (SSSR count). The van der Waals surface area contributed by atoms with Crippen molar-refractivity contribution < 1.29 is 0 Å². The van der Waals surface area contributed by atoms with Crippen LogP contribution in [-0.4, -0.2) is 13.1 Å². The lowest BCUT2D eigenvalue weighted by atomic mass is 10.2. The van der Waals surface area contributed by atoms with Crippen LogP contribution in [0, 0.1) is 0 Å². The molecule has 2 heteroatoms. The molecule has 0 aromatic heterocycles. The zero-order valence-corrected chi connectivity index (χ0v) is 6.90.